The molecule has 1 aliphatic heterocycles. The van der Waals surface area contributed by atoms with Crippen molar-refractivity contribution < 1.29 is 0 Å². The van der Waals surface area contributed by atoms with Crippen molar-refractivity contribution in [3.8, 4) is 0 Å². The van der Waals surface area contributed by atoms with Crippen LogP contribution in [0, 0.1) is 12.3 Å². The largest absolute Gasteiger partial charge is 0.371 e. The van der Waals surface area contributed by atoms with Crippen molar-refractivity contribution in [2.75, 3.05) is 24.5 Å². The first-order valence-electron chi connectivity index (χ1n) is 7.07. The maximum absolute atomic E-state index is 3.45. The first-order chi connectivity index (χ1) is 8.52. The van der Waals surface area contributed by atoms with Crippen LogP contribution in [-0.4, -0.2) is 19.6 Å². The summed E-state index contributed by atoms with van der Waals surface area (Å²) in [7, 11) is 0. The lowest BCUT2D eigenvalue weighted by Gasteiger charge is -2.24. The molecule has 0 aromatic heterocycles. The van der Waals surface area contributed by atoms with E-state index in [4.69, 9.17) is 0 Å². The molecule has 0 aliphatic carbocycles. The Hall–Kier alpha value is -1.02. The molecule has 0 unspecified atom stereocenters. The van der Waals surface area contributed by atoms with Crippen molar-refractivity contribution in [3.63, 3.8) is 0 Å². The highest BCUT2D eigenvalue weighted by molar-refractivity contribution is 5.56. The van der Waals surface area contributed by atoms with E-state index in [9.17, 15) is 0 Å². The van der Waals surface area contributed by atoms with Gasteiger partial charge in [0.25, 0.3) is 0 Å². The van der Waals surface area contributed by atoms with Gasteiger partial charge in [0.1, 0.15) is 0 Å². The number of benzene rings is 1. The highest BCUT2D eigenvalue weighted by Gasteiger charge is 2.30. The maximum atomic E-state index is 3.45. The van der Waals surface area contributed by atoms with E-state index in [2.05, 4.69) is 56.1 Å². The van der Waals surface area contributed by atoms with Crippen LogP contribution in [0.2, 0.25) is 0 Å². The Morgan fingerprint density at radius 1 is 1.33 bits per heavy atom. The van der Waals surface area contributed by atoms with E-state index < -0.39 is 0 Å². The number of hydrogen-bond acceptors (Lipinski definition) is 2. The molecule has 0 saturated carbocycles. The lowest BCUT2D eigenvalue weighted by Crippen LogP contribution is -2.25. The molecular weight excluding hydrogens is 220 g/mol. The third kappa shape index (κ3) is 3.05. The van der Waals surface area contributed by atoms with Crippen LogP contribution in [0.25, 0.3) is 0 Å². The summed E-state index contributed by atoms with van der Waals surface area (Å²) in [5.74, 6) is 0. The smallest absolute Gasteiger partial charge is 0.0412 e. The zero-order valence-corrected chi connectivity index (χ0v) is 12.2. The molecule has 1 aliphatic rings. The Bertz CT molecular complexity index is 410. The van der Waals surface area contributed by atoms with Gasteiger partial charge in [-0.1, -0.05) is 38.5 Å². The van der Waals surface area contributed by atoms with E-state index in [0.717, 1.165) is 13.1 Å². The third-order valence-corrected chi connectivity index (χ3v) is 3.82. The second-order valence-corrected chi connectivity index (χ2v) is 6.25. The minimum absolute atomic E-state index is 0.459. The zero-order chi connectivity index (χ0) is 13.2. The number of anilines is 1. The molecule has 0 spiro atoms. The Balaban J connectivity index is 2.21. The molecule has 2 rings (SSSR count). The Labute approximate surface area is 111 Å². The molecule has 100 valence electrons. The summed E-state index contributed by atoms with van der Waals surface area (Å²) in [5.41, 5.74) is 4.67. The second-order valence-electron chi connectivity index (χ2n) is 6.25. The van der Waals surface area contributed by atoms with Crippen molar-refractivity contribution in [2.45, 2.75) is 40.7 Å². The lowest BCUT2D eigenvalue weighted by atomic mass is 9.93. The van der Waals surface area contributed by atoms with Crippen molar-refractivity contribution in [1.82, 2.24) is 5.32 Å². The van der Waals surface area contributed by atoms with Gasteiger partial charge in [-0.05, 0) is 36.9 Å². The van der Waals surface area contributed by atoms with Crippen LogP contribution >= 0.6 is 0 Å². The van der Waals surface area contributed by atoms with Gasteiger partial charge in [0.05, 0.1) is 0 Å². The molecule has 1 aromatic carbocycles. The maximum Gasteiger partial charge on any atom is 0.0412 e. The summed E-state index contributed by atoms with van der Waals surface area (Å²) in [5, 5.41) is 3.45. The van der Waals surface area contributed by atoms with Crippen LogP contribution in [-0.2, 0) is 6.54 Å². The molecule has 1 heterocycles. The molecule has 1 aromatic rings. The summed E-state index contributed by atoms with van der Waals surface area (Å²) in [6.07, 6.45) is 1.29. The zero-order valence-electron chi connectivity index (χ0n) is 12.2. The average molecular weight is 246 g/mol. The predicted octanol–water partition coefficient (Wildman–Crippen LogP) is 3.34. The van der Waals surface area contributed by atoms with E-state index in [1.165, 1.54) is 36.3 Å². The monoisotopic (exact) mass is 246 g/mol. The summed E-state index contributed by atoms with van der Waals surface area (Å²) < 4.78 is 0. The molecule has 1 N–H and O–H groups in total. The minimum atomic E-state index is 0.459. The standard InChI is InChI=1S/C16H26N2/c1-5-17-11-14-10-13(2)6-7-15(14)18-9-8-16(3,4)12-18/h6-7,10,17H,5,8-9,11-12H2,1-4H3. The molecule has 0 atom stereocenters. The number of rotatable bonds is 4. The molecule has 1 fully saturated rings. The van der Waals surface area contributed by atoms with Crippen molar-refractivity contribution in [3.05, 3.63) is 29.3 Å². The summed E-state index contributed by atoms with van der Waals surface area (Å²) in [4.78, 5) is 2.55. The number of hydrogen-bond donors (Lipinski definition) is 1. The van der Waals surface area contributed by atoms with Crippen LogP contribution in [0.1, 0.15) is 38.3 Å². The fraction of sp³-hybridized carbons (Fsp3) is 0.625. The van der Waals surface area contributed by atoms with Crippen LogP contribution in [0.5, 0.6) is 0 Å². The second kappa shape index (κ2) is 5.31. The van der Waals surface area contributed by atoms with Crippen LogP contribution in [0.15, 0.2) is 18.2 Å². The molecule has 2 nitrogen and oxygen atoms in total. The normalized spacial score (nSPS) is 18.3. The summed E-state index contributed by atoms with van der Waals surface area (Å²) >= 11 is 0. The van der Waals surface area contributed by atoms with Gasteiger partial charge in [0.15, 0.2) is 0 Å². The van der Waals surface area contributed by atoms with Gasteiger partial charge in [0.2, 0.25) is 0 Å². The predicted molar refractivity (Wildman–Crippen MR) is 79.2 cm³/mol. The van der Waals surface area contributed by atoms with Gasteiger partial charge >= 0.3 is 0 Å². The Morgan fingerprint density at radius 2 is 2.11 bits per heavy atom. The molecule has 2 heteroatoms. The van der Waals surface area contributed by atoms with Crippen LogP contribution in [0.3, 0.4) is 0 Å². The summed E-state index contributed by atoms with van der Waals surface area (Å²) in [6.45, 7) is 13.4. The first kappa shape index (κ1) is 13.4. The number of aryl methyl sites for hydroxylation is 1. The highest BCUT2D eigenvalue weighted by atomic mass is 15.2. The average Bonchev–Trinajstić information content (AvgIpc) is 2.67. The molecule has 0 bridgehead atoms. The molecule has 0 amide bonds. The highest BCUT2D eigenvalue weighted by Crippen LogP contribution is 2.34. The van der Waals surface area contributed by atoms with Gasteiger partial charge < -0.3 is 10.2 Å². The van der Waals surface area contributed by atoms with Crippen molar-refractivity contribution in [1.29, 1.82) is 0 Å². The number of nitrogens with one attached hydrogen (secondary N) is 1. The SMILES string of the molecule is CCNCc1cc(C)ccc1N1CCC(C)(C)C1. The van der Waals surface area contributed by atoms with Crippen LogP contribution in [0.4, 0.5) is 5.69 Å². The topological polar surface area (TPSA) is 15.3 Å². The van der Waals surface area contributed by atoms with Gasteiger partial charge in [-0.3, -0.25) is 0 Å². The lowest BCUT2D eigenvalue weighted by molar-refractivity contribution is 0.418. The van der Waals surface area contributed by atoms with Gasteiger partial charge in [0, 0.05) is 25.3 Å². The fourth-order valence-corrected chi connectivity index (χ4v) is 2.74. The fourth-order valence-electron chi connectivity index (χ4n) is 2.74. The Kier molecular flexibility index (Phi) is 3.96. The van der Waals surface area contributed by atoms with Crippen molar-refractivity contribution in [2.24, 2.45) is 5.41 Å². The van der Waals surface area contributed by atoms with Gasteiger partial charge in [-0.25, -0.2) is 0 Å². The van der Waals surface area contributed by atoms with Gasteiger partial charge in [-0.2, -0.15) is 0 Å². The first-order valence-corrected chi connectivity index (χ1v) is 7.07. The molecular formula is C16H26N2. The third-order valence-electron chi connectivity index (χ3n) is 3.82. The number of nitrogens with zero attached hydrogens (tertiary/aromatic N) is 1. The quantitative estimate of drug-likeness (QED) is 0.876. The minimum Gasteiger partial charge on any atom is -0.371 e. The van der Waals surface area contributed by atoms with E-state index >= 15 is 0 Å². The van der Waals surface area contributed by atoms with E-state index in [1.807, 2.05) is 0 Å². The van der Waals surface area contributed by atoms with E-state index in [0.29, 0.717) is 5.41 Å². The van der Waals surface area contributed by atoms with Crippen LogP contribution < -0.4 is 10.2 Å². The summed E-state index contributed by atoms with van der Waals surface area (Å²) in [6, 6.07) is 6.85. The van der Waals surface area contributed by atoms with E-state index in [1.54, 1.807) is 0 Å². The molecule has 0 radical (unpaired) electrons. The van der Waals surface area contributed by atoms with Gasteiger partial charge in [-0.15, -0.1) is 0 Å². The molecule has 18 heavy (non-hydrogen) atoms. The molecule has 1 saturated heterocycles. The van der Waals surface area contributed by atoms with E-state index in [-0.39, 0.29) is 0 Å². The van der Waals surface area contributed by atoms with Crippen molar-refractivity contribution >= 4 is 5.69 Å². The Morgan fingerprint density at radius 3 is 2.72 bits per heavy atom.